The third kappa shape index (κ3) is 4.75. The fourth-order valence-corrected chi connectivity index (χ4v) is 3.58. The number of hydrogen-bond donors (Lipinski definition) is 1. The summed E-state index contributed by atoms with van der Waals surface area (Å²) in [4.78, 5) is 9.17. The van der Waals surface area contributed by atoms with Crippen molar-refractivity contribution in [1.29, 1.82) is 0 Å². The highest BCUT2D eigenvalue weighted by Gasteiger charge is 2.21. The van der Waals surface area contributed by atoms with Crippen LogP contribution in [0, 0.1) is 0 Å². The number of nitrogens with zero attached hydrogens (tertiary/aromatic N) is 3. The Labute approximate surface area is 167 Å². The summed E-state index contributed by atoms with van der Waals surface area (Å²) in [5.74, 6) is 1.86. The van der Waals surface area contributed by atoms with Crippen LogP contribution < -0.4 is 15.0 Å². The molecule has 3 rings (SSSR count). The van der Waals surface area contributed by atoms with Crippen molar-refractivity contribution in [3.05, 3.63) is 59.7 Å². The van der Waals surface area contributed by atoms with E-state index >= 15 is 0 Å². The van der Waals surface area contributed by atoms with Gasteiger partial charge in [-0.05, 0) is 23.3 Å². The van der Waals surface area contributed by atoms with Gasteiger partial charge in [-0.15, -0.1) is 0 Å². The monoisotopic (exact) mass is 382 g/mol. The minimum atomic E-state index is 0.619. The highest BCUT2D eigenvalue weighted by atomic mass is 16.5. The first-order chi connectivity index (χ1) is 13.8. The van der Waals surface area contributed by atoms with Gasteiger partial charge in [-0.1, -0.05) is 36.4 Å². The Balaban J connectivity index is 1.58. The summed E-state index contributed by atoms with van der Waals surface area (Å²) in [7, 11) is 5.29. The molecule has 0 radical (unpaired) electrons. The van der Waals surface area contributed by atoms with E-state index in [-0.39, 0.29) is 0 Å². The first-order valence-electron chi connectivity index (χ1n) is 9.66. The maximum atomic E-state index is 5.51. The van der Waals surface area contributed by atoms with Crippen molar-refractivity contribution < 1.29 is 9.47 Å². The fourth-order valence-electron chi connectivity index (χ4n) is 3.58. The van der Waals surface area contributed by atoms with Crippen molar-refractivity contribution in [1.82, 2.24) is 10.2 Å². The van der Waals surface area contributed by atoms with Crippen LogP contribution in [0.15, 0.2) is 53.5 Å². The van der Waals surface area contributed by atoms with Gasteiger partial charge in [-0.2, -0.15) is 0 Å². The van der Waals surface area contributed by atoms with Crippen LogP contribution in [-0.4, -0.2) is 58.3 Å². The second kappa shape index (κ2) is 9.99. The number of hydrogen-bond acceptors (Lipinski definition) is 4. The lowest BCUT2D eigenvalue weighted by Gasteiger charge is -2.38. The molecule has 0 bridgehead atoms. The van der Waals surface area contributed by atoms with Crippen molar-refractivity contribution in [2.75, 3.05) is 52.3 Å². The molecule has 0 aromatic heterocycles. The summed E-state index contributed by atoms with van der Waals surface area (Å²) in [6.07, 6.45) is 0. The number of piperazine rings is 1. The second-order valence-corrected chi connectivity index (χ2v) is 6.75. The molecule has 0 saturated carbocycles. The van der Waals surface area contributed by atoms with Crippen LogP contribution in [-0.2, 0) is 17.9 Å². The molecule has 1 fully saturated rings. The standard InChI is InChI=1S/C22H30N4O2/c1-23-22(24-16-18-8-4-5-9-19(18)17-27-2)26-14-12-25(13-15-26)20-10-6-7-11-21(20)28-3/h4-11H,12-17H2,1-3H3,(H,23,24). The molecule has 0 aliphatic carbocycles. The summed E-state index contributed by atoms with van der Waals surface area (Å²) >= 11 is 0. The molecular weight excluding hydrogens is 352 g/mol. The second-order valence-electron chi connectivity index (χ2n) is 6.75. The van der Waals surface area contributed by atoms with Crippen LogP contribution in [0.2, 0.25) is 0 Å². The van der Waals surface area contributed by atoms with Gasteiger partial charge in [0.05, 0.1) is 19.4 Å². The molecule has 1 heterocycles. The van der Waals surface area contributed by atoms with E-state index in [0.29, 0.717) is 6.61 Å². The number of guanidine groups is 1. The molecular formula is C22H30N4O2. The van der Waals surface area contributed by atoms with E-state index in [1.165, 1.54) is 11.1 Å². The molecule has 2 aromatic carbocycles. The fraction of sp³-hybridized carbons (Fsp3) is 0.409. The van der Waals surface area contributed by atoms with E-state index in [4.69, 9.17) is 9.47 Å². The van der Waals surface area contributed by atoms with Crippen molar-refractivity contribution in [2.45, 2.75) is 13.2 Å². The zero-order valence-electron chi connectivity index (χ0n) is 17.0. The lowest BCUT2D eigenvalue weighted by molar-refractivity contribution is 0.184. The van der Waals surface area contributed by atoms with Gasteiger partial charge in [0, 0.05) is 46.9 Å². The molecule has 6 heteroatoms. The van der Waals surface area contributed by atoms with E-state index in [9.17, 15) is 0 Å². The largest absolute Gasteiger partial charge is 0.495 e. The summed E-state index contributed by atoms with van der Waals surface area (Å²) in [6.45, 7) is 5.05. The lowest BCUT2D eigenvalue weighted by atomic mass is 10.1. The molecule has 28 heavy (non-hydrogen) atoms. The van der Waals surface area contributed by atoms with Crippen LogP contribution in [0.4, 0.5) is 5.69 Å². The number of aliphatic imine (C=N–C) groups is 1. The predicted molar refractivity (Wildman–Crippen MR) is 114 cm³/mol. The van der Waals surface area contributed by atoms with Crippen LogP contribution in [0.25, 0.3) is 0 Å². The molecule has 0 atom stereocenters. The van der Waals surface area contributed by atoms with E-state index in [2.05, 4.69) is 50.4 Å². The zero-order valence-corrected chi connectivity index (χ0v) is 17.0. The zero-order chi connectivity index (χ0) is 19.8. The Kier molecular flexibility index (Phi) is 7.14. The van der Waals surface area contributed by atoms with E-state index in [1.54, 1.807) is 14.2 Å². The number of benzene rings is 2. The van der Waals surface area contributed by atoms with Crippen LogP contribution >= 0.6 is 0 Å². The first kappa shape index (κ1) is 20.0. The smallest absolute Gasteiger partial charge is 0.194 e. The van der Waals surface area contributed by atoms with E-state index in [0.717, 1.165) is 50.1 Å². The molecule has 150 valence electrons. The number of ether oxygens (including phenoxy) is 2. The SMILES string of the molecule is CN=C(NCc1ccccc1COC)N1CCN(c2ccccc2OC)CC1. The molecule has 1 aliphatic rings. The van der Waals surface area contributed by atoms with Crippen molar-refractivity contribution >= 4 is 11.6 Å². The lowest BCUT2D eigenvalue weighted by Crippen LogP contribution is -2.52. The van der Waals surface area contributed by atoms with Gasteiger partial charge in [0.2, 0.25) is 0 Å². The normalized spacial score (nSPS) is 14.9. The van der Waals surface area contributed by atoms with Gasteiger partial charge in [-0.3, -0.25) is 4.99 Å². The Morgan fingerprint density at radius 3 is 2.32 bits per heavy atom. The average Bonchev–Trinajstić information content (AvgIpc) is 2.76. The Hall–Kier alpha value is -2.73. The average molecular weight is 383 g/mol. The maximum absolute atomic E-state index is 5.51. The summed E-state index contributed by atoms with van der Waals surface area (Å²) < 4.78 is 10.8. The van der Waals surface area contributed by atoms with Gasteiger partial charge in [-0.25, -0.2) is 0 Å². The first-order valence-corrected chi connectivity index (χ1v) is 9.66. The van der Waals surface area contributed by atoms with Gasteiger partial charge in [0.15, 0.2) is 5.96 Å². The summed E-state index contributed by atoms with van der Waals surface area (Å²) in [5.41, 5.74) is 3.59. The molecule has 1 aliphatic heterocycles. The van der Waals surface area contributed by atoms with Gasteiger partial charge in [0.25, 0.3) is 0 Å². The predicted octanol–water partition coefficient (Wildman–Crippen LogP) is 2.74. The molecule has 0 unspecified atom stereocenters. The quantitative estimate of drug-likeness (QED) is 0.615. The van der Waals surface area contributed by atoms with Crippen molar-refractivity contribution in [3.63, 3.8) is 0 Å². The number of rotatable bonds is 6. The highest BCUT2D eigenvalue weighted by Crippen LogP contribution is 2.28. The van der Waals surface area contributed by atoms with E-state index in [1.807, 2.05) is 25.2 Å². The number of methoxy groups -OCH3 is 2. The van der Waals surface area contributed by atoms with Gasteiger partial charge in [0.1, 0.15) is 5.75 Å². The molecule has 2 aromatic rings. The topological polar surface area (TPSA) is 49.3 Å². The summed E-state index contributed by atoms with van der Waals surface area (Å²) in [6, 6.07) is 16.5. The van der Waals surface area contributed by atoms with Crippen LogP contribution in [0.5, 0.6) is 5.75 Å². The van der Waals surface area contributed by atoms with E-state index < -0.39 is 0 Å². The summed E-state index contributed by atoms with van der Waals surface area (Å²) in [5, 5.41) is 3.51. The van der Waals surface area contributed by atoms with Gasteiger partial charge < -0.3 is 24.6 Å². The van der Waals surface area contributed by atoms with Crippen LogP contribution in [0.3, 0.4) is 0 Å². The minimum Gasteiger partial charge on any atom is -0.495 e. The molecule has 0 amide bonds. The van der Waals surface area contributed by atoms with Crippen LogP contribution in [0.1, 0.15) is 11.1 Å². The Bertz CT molecular complexity index is 786. The van der Waals surface area contributed by atoms with Crippen molar-refractivity contribution in [3.8, 4) is 5.75 Å². The number of anilines is 1. The molecule has 1 N–H and O–H groups in total. The maximum Gasteiger partial charge on any atom is 0.194 e. The third-order valence-corrected chi connectivity index (χ3v) is 5.07. The third-order valence-electron chi connectivity index (χ3n) is 5.07. The number of nitrogens with one attached hydrogen (secondary N) is 1. The number of para-hydroxylation sites is 2. The minimum absolute atomic E-state index is 0.619. The molecule has 1 saturated heterocycles. The highest BCUT2D eigenvalue weighted by molar-refractivity contribution is 5.80. The Morgan fingerprint density at radius 2 is 1.64 bits per heavy atom. The van der Waals surface area contributed by atoms with Gasteiger partial charge >= 0.3 is 0 Å². The molecule has 0 spiro atoms. The Morgan fingerprint density at radius 1 is 0.964 bits per heavy atom. The molecule has 6 nitrogen and oxygen atoms in total. The van der Waals surface area contributed by atoms with Crippen molar-refractivity contribution in [2.24, 2.45) is 4.99 Å².